The molecule has 3 rings (SSSR count). The van der Waals surface area contributed by atoms with Gasteiger partial charge in [-0.2, -0.15) is 5.10 Å². The predicted octanol–water partition coefficient (Wildman–Crippen LogP) is 2.14. The molecular formula is C15H17N5. The maximum atomic E-state index is 6.29. The summed E-state index contributed by atoms with van der Waals surface area (Å²) in [6.45, 7) is 2.93. The maximum absolute atomic E-state index is 6.29. The first kappa shape index (κ1) is 12.6. The average Bonchev–Trinajstić information content (AvgIpc) is 3.16. The maximum Gasteiger partial charge on any atom is 0.130 e. The predicted molar refractivity (Wildman–Crippen MR) is 77.5 cm³/mol. The number of aromatic nitrogens is 4. The lowest BCUT2D eigenvalue weighted by molar-refractivity contribution is 0.656. The Hall–Kier alpha value is -2.40. The van der Waals surface area contributed by atoms with Gasteiger partial charge in [-0.1, -0.05) is 18.2 Å². The highest BCUT2D eigenvalue weighted by Gasteiger charge is 2.16. The van der Waals surface area contributed by atoms with E-state index >= 15 is 0 Å². The summed E-state index contributed by atoms with van der Waals surface area (Å²) in [6, 6.07) is 9.71. The average molecular weight is 267 g/mol. The summed E-state index contributed by atoms with van der Waals surface area (Å²) < 4.78 is 3.87. The lowest BCUT2D eigenvalue weighted by Crippen LogP contribution is -2.17. The Morgan fingerprint density at radius 2 is 2.05 bits per heavy atom. The van der Waals surface area contributed by atoms with Crippen LogP contribution in [0.1, 0.15) is 24.4 Å². The molecule has 1 unspecified atom stereocenters. The van der Waals surface area contributed by atoms with Crippen molar-refractivity contribution < 1.29 is 0 Å². The number of nitrogens with two attached hydrogens (primary N) is 1. The summed E-state index contributed by atoms with van der Waals surface area (Å²) >= 11 is 0. The van der Waals surface area contributed by atoms with Crippen molar-refractivity contribution in [2.75, 3.05) is 0 Å². The third-order valence-corrected chi connectivity index (χ3v) is 3.35. The zero-order chi connectivity index (χ0) is 13.9. The second-order valence-corrected chi connectivity index (χ2v) is 4.60. The van der Waals surface area contributed by atoms with E-state index in [4.69, 9.17) is 5.73 Å². The molecule has 2 aromatic heterocycles. The number of imidazole rings is 1. The van der Waals surface area contributed by atoms with E-state index in [0.29, 0.717) is 0 Å². The second kappa shape index (κ2) is 5.30. The number of para-hydroxylation sites is 1. The van der Waals surface area contributed by atoms with Crippen molar-refractivity contribution in [3.05, 3.63) is 66.5 Å². The summed E-state index contributed by atoms with van der Waals surface area (Å²) in [4.78, 5) is 4.35. The first-order chi connectivity index (χ1) is 9.79. The number of benzene rings is 1. The van der Waals surface area contributed by atoms with E-state index in [9.17, 15) is 0 Å². The first-order valence-electron chi connectivity index (χ1n) is 6.66. The van der Waals surface area contributed by atoms with E-state index in [-0.39, 0.29) is 6.04 Å². The van der Waals surface area contributed by atoms with Crippen molar-refractivity contribution >= 4 is 0 Å². The molecular weight excluding hydrogens is 250 g/mol. The minimum Gasteiger partial charge on any atom is -0.334 e. The third kappa shape index (κ3) is 2.23. The Balaban J connectivity index is 1.91. The largest absolute Gasteiger partial charge is 0.334 e. The van der Waals surface area contributed by atoms with Gasteiger partial charge < -0.3 is 10.3 Å². The van der Waals surface area contributed by atoms with Crippen molar-refractivity contribution in [1.29, 1.82) is 0 Å². The smallest absolute Gasteiger partial charge is 0.130 e. The lowest BCUT2D eigenvalue weighted by atomic mass is 10.1. The second-order valence-electron chi connectivity index (χ2n) is 4.60. The molecule has 0 radical (unpaired) electrons. The highest BCUT2D eigenvalue weighted by Crippen LogP contribution is 2.19. The molecule has 0 bridgehead atoms. The highest BCUT2D eigenvalue weighted by molar-refractivity contribution is 5.32. The summed E-state index contributed by atoms with van der Waals surface area (Å²) in [5.41, 5.74) is 8.26. The normalized spacial score (nSPS) is 12.5. The van der Waals surface area contributed by atoms with Gasteiger partial charge in [-0.05, 0) is 19.1 Å². The Morgan fingerprint density at radius 3 is 2.80 bits per heavy atom. The zero-order valence-electron chi connectivity index (χ0n) is 11.3. The van der Waals surface area contributed by atoms with E-state index in [0.717, 1.165) is 23.6 Å². The molecule has 0 amide bonds. The SMILES string of the molecule is CCn1ccnc1C(N)c1cnn(-c2ccccc2)c1. The Kier molecular flexibility index (Phi) is 3.35. The zero-order valence-corrected chi connectivity index (χ0v) is 11.3. The van der Waals surface area contributed by atoms with Crippen molar-refractivity contribution in [2.24, 2.45) is 5.73 Å². The van der Waals surface area contributed by atoms with E-state index in [1.54, 1.807) is 12.4 Å². The minimum absolute atomic E-state index is 0.262. The van der Waals surface area contributed by atoms with E-state index < -0.39 is 0 Å². The monoisotopic (exact) mass is 267 g/mol. The van der Waals surface area contributed by atoms with Crippen molar-refractivity contribution in [2.45, 2.75) is 19.5 Å². The van der Waals surface area contributed by atoms with E-state index in [1.165, 1.54) is 0 Å². The van der Waals surface area contributed by atoms with Gasteiger partial charge in [0.1, 0.15) is 5.82 Å². The quantitative estimate of drug-likeness (QED) is 0.787. The van der Waals surface area contributed by atoms with Gasteiger partial charge in [0.25, 0.3) is 0 Å². The van der Waals surface area contributed by atoms with Gasteiger partial charge in [0.2, 0.25) is 0 Å². The molecule has 5 heteroatoms. The van der Waals surface area contributed by atoms with Gasteiger partial charge in [0, 0.05) is 30.7 Å². The Morgan fingerprint density at radius 1 is 1.25 bits per heavy atom. The molecule has 1 aromatic carbocycles. The molecule has 20 heavy (non-hydrogen) atoms. The molecule has 0 aliphatic heterocycles. The lowest BCUT2D eigenvalue weighted by Gasteiger charge is -2.11. The molecule has 1 atom stereocenters. The Bertz CT molecular complexity index is 683. The summed E-state index contributed by atoms with van der Waals surface area (Å²) in [5.74, 6) is 0.861. The highest BCUT2D eigenvalue weighted by atomic mass is 15.3. The number of aryl methyl sites for hydroxylation is 1. The molecule has 5 nitrogen and oxygen atoms in total. The number of rotatable bonds is 4. The van der Waals surface area contributed by atoms with Crippen molar-refractivity contribution in [3.8, 4) is 5.69 Å². The van der Waals surface area contributed by atoms with Crippen LogP contribution in [0.3, 0.4) is 0 Å². The third-order valence-electron chi connectivity index (χ3n) is 3.35. The molecule has 3 aromatic rings. The minimum atomic E-state index is -0.262. The van der Waals surface area contributed by atoms with Crippen LogP contribution in [-0.2, 0) is 6.54 Å². The van der Waals surface area contributed by atoms with E-state index in [2.05, 4.69) is 17.0 Å². The molecule has 102 valence electrons. The van der Waals surface area contributed by atoms with Crippen LogP contribution in [-0.4, -0.2) is 19.3 Å². The molecule has 0 spiro atoms. The van der Waals surface area contributed by atoms with Crippen LogP contribution in [0.25, 0.3) is 5.69 Å². The van der Waals surface area contributed by atoms with Gasteiger partial charge in [-0.3, -0.25) is 0 Å². The summed E-state index contributed by atoms with van der Waals surface area (Å²) in [5, 5.41) is 4.37. The van der Waals surface area contributed by atoms with Crippen LogP contribution in [0.2, 0.25) is 0 Å². The van der Waals surface area contributed by atoms with Crippen LogP contribution >= 0.6 is 0 Å². The fraction of sp³-hybridized carbons (Fsp3) is 0.200. The van der Waals surface area contributed by atoms with Gasteiger partial charge in [0.15, 0.2) is 0 Å². The van der Waals surface area contributed by atoms with E-state index in [1.807, 2.05) is 52.0 Å². The van der Waals surface area contributed by atoms with Crippen LogP contribution in [0, 0.1) is 0 Å². The number of hydrogen-bond donors (Lipinski definition) is 1. The molecule has 0 fully saturated rings. The number of nitrogens with zero attached hydrogens (tertiary/aromatic N) is 4. The summed E-state index contributed by atoms with van der Waals surface area (Å²) in [6.07, 6.45) is 7.47. The fourth-order valence-corrected chi connectivity index (χ4v) is 2.24. The number of hydrogen-bond acceptors (Lipinski definition) is 3. The van der Waals surface area contributed by atoms with Gasteiger partial charge >= 0.3 is 0 Å². The standard InChI is InChI=1S/C15H17N5/c1-2-19-9-8-17-15(19)14(16)12-10-18-20(11-12)13-6-4-3-5-7-13/h3-11,14H,2,16H2,1H3. The molecule has 0 aliphatic carbocycles. The molecule has 2 heterocycles. The van der Waals surface area contributed by atoms with Gasteiger partial charge in [-0.15, -0.1) is 0 Å². The summed E-state index contributed by atoms with van der Waals surface area (Å²) in [7, 11) is 0. The molecule has 0 aliphatic rings. The van der Waals surface area contributed by atoms with Crippen molar-refractivity contribution in [1.82, 2.24) is 19.3 Å². The fourth-order valence-electron chi connectivity index (χ4n) is 2.24. The molecule has 0 saturated carbocycles. The molecule has 0 saturated heterocycles. The van der Waals surface area contributed by atoms with Crippen LogP contribution in [0.5, 0.6) is 0 Å². The van der Waals surface area contributed by atoms with Crippen LogP contribution in [0.4, 0.5) is 0 Å². The van der Waals surface area contributed by atoms with Crippen LogP contribution in [0.15, 0.2) is 55.1 Å². The van der Waals surface area contributed by atoms with Crippen LogP contribution < -0.4 is 5.73 Å². The molecule has 2 N–H and O–H groups in total. The van der Waals surface area contributed by atoms with Gasteiger partial charge in [-0.25, -0.2) is 9.67 Å². The first-order valence-corrected chi connectivity index (χ1v) is 6.66. The topological polar surface area (TPSA) is 61.7 Å². The Labute approximate surface area is 117 Å². The van der Waals surface area contributed by atoms with Gasteiger partial charge in [0.05, 0.1) is 17.9 Å². The van der Waals surface area contributed by atoms with Crippen molar-refractivity contribution in [3.63, 3.8) is 0 Å².